The SMILES string of the molecule is Cl.Cl.NC1C2CCC(C2)C1C(=O)Nc1ccc(N2CCCCC2)nc1. The van der Waals surface area contributed by atoms with Gasteiger partial charge in [0.25, 0.3) is 0 Å². The summed E-state index contributed by atoms with van der Waals surface area (Å²) in [5, 5.41) is 3.03. The molecule has 1 aliphatic heterocycles. The second kappa shape index (κ2) is 8.56. The number of hydrogen-bond acceptors (Lipinski definition) is 4. The number of fused-ring (bicyclic) bond motifs is 2. The van der Waals surface area contributed by atoms with Gasteiger partial charge < -0.3 is 16.0 Å². The van der Waals surface area contributed by atoms with Crippen molar-refractivity contribution < 1.29 is 4.79 Å². The van der Waals surface area contributed by atoms with Crippen molar-refractivity contribution in [1.29, 1.82) is 0 Å². The molecule has 0 radical (unpaired) electrons. The molecule has 4 atom stereocenters. The number of rotatable bonds is 3. The van der Waals surface area contributed by atoms with Crippen molar-refractivity contribution in [2.45, 2.75) is 44.6 Å². The predicted molar refractivity (Wildman–Crippen MR) is 106 cm³/mol. The Morgan fingerprint density at radius 1 is 1.12 bits per heavy atom. The Balaban J connectivity index is 0.00000113. The Bertz CT molecular complexity index is 575. The van der Waals surface area contributed by atoms with Gasteiger partial charge in [0.15, 0.2) is 0 Å². The molecule has 5 nitrogen and oxygen atoms in total. The summed E-state index contributed by atoms with van der Waals surface area (Å²) in [6.45, 7) is 2.16. The van der Waals surface area contributed by atoms with Gasteiger partial charge >= 0.3 is 0 Å². The summed E-state index contributed by atoms with van der Waals surface area (Å²) in [4.78, 5) is 19.4. The highest BCUT2D eigenvalue weighted by molar-refractivity contribution is 5.93. The van der Waals surface area contributed by atoms with E-state index >= 15 is 0 Å². The number of hydrogen-bond donors (Lipinski definition) is 2. The molecule has 1 amide bonds. The molecular formula is C18H28Cl2N4O. The highest BCUT2D eigenvalue weighted by atomic mass is 35.5. The largest absolute Gasteiger partial charge is 0.357 e. The highest BCUT2D eigenvalue weighted by Crippen LogP contribution is 2.47. The van der Waals surface area contributed by atoms with Crippen molar-refractivity contribution in [2.24, 2.45) is 23.5 Å². The molecule has 1 aromatic rings. The smallest absolute Gasteiger partial charge is 0.229 e. The van der Waals surface area contributed by atoms with E-state index in [0.29, 0.717) is 11.8 Å². The van der Waals surface area contributed by atoms with E-state index < -0.39 is 0 Å². The van der Waals surface area contributed by atoms with Crippen molar-refractivity contribution in [3.8, 4) is 0 Å². The second-order valence-corrected chi connectivity index (χ2v) is 7.38. The van der Waals surface area contributed by atoms with E-state index in [9.17, 15) is 4.79 Å². The topological polar surface area (TPSA) is 71.2 Å². The maximum absolute atomic E-state index is 12.6. The summed E-state index contributed by atoms with van der Waals surface area (Å²) < 4.78 is 0. The lowest BCUT2D eigenvalue weighted by Gasteiger charge is -2.28. The van der Waals surface area contributed by atoms with Gasteiger partial charge in [-0.25, -0.2) is 4.98 Å². The molecule has 3 N–H and O–H groups in total. The summed E-state index contributed by atoms with van der Waals surface area (Å²) in [7, 11) is 0. The van der Waals surface area contributed by atoms with Gasteiger partial charge in [-0.3, -0.25) is 4.79 Å². The van der Waals surface area contributed by atoms with Crippen LogP contribution < -0.4 is 16.0 Å². The average molecular weight is 387 g/mol. The van der Waals surface area contributed by atoms with Gasteiger partial charge in [-0.05, 0) is 62.5 Å². The molecule has 4 unspecified atom stereocenters. The van der Waals surface area contributed by atoms with Crippen LogP contribution in [0.25, 0.3) is 0 Å². The van der Waals surface area contributed by atoms with E-state index in [1.54, 1.807) is 6.20 Å². The van der Waals surface area contributed by atoms with Gasteiger partial charge in [-0.2, -0.15) is 0 Å². The van der Waals surface area contributed by atoms with Crippen molar-refractivity contribution >= 4 is 42.2 Å². The van der Waals surface area contributed by atoms with Crippen LogP contribution in [0.2, 0.25) is 0 Å². The molecule has 2 aliphatic carbocycles. The monoisotopic (exact) mass is 386 g/mol. The molecule has 25 heavy (non-hydrogen) atoms. The van der Waals surface area contributed by atoms with Gasteiger partial charge in [0.2, 0.25) is 5.91 Å². The van der Waals surface area contributed by atoms with Crippen LogP contribution in [-0.4, -0.2) is 30.0 Å². The van der Waals surface area contributed by atoms with Gasteiger partial charge in [0.05, 0.1) is 17.8 Å². The van der Waals surface area contributed by atoms with Crippen molar-refractivity contribution in [2.75, 3.05) is 23.3 Å². The lowest BCUT2D eigenvalue weighted by atomic mass is 9.84. The molecule has 1 saturated heterocycles. The van der Waals surface area contributed by atoms with E-state index in [0.717, 1.165) is 37.4 Å². The Labute approximate surface area is 161 Å². The van der Waals surface area contributed by atoms with Crippen LogP contribution >= 0.6 is 24.8 Å². The molecule has 4 rings (SSSR count). The van der Waals surface area contributed by atoms with Crippen LogP contribution in [0.4, 0.5) is 11.5 Å². The zero-order valence-corrected chi connectivity index (χ0v) is 16.0. The molecule has 3 aliphatic rings. The number of piperidine rings is 1. The maximum Gasteiger partial charge on any atom is 0.229 e. The van der Waals surface area contributed by atoms with Crippen LogP contribution in [0.15, 0.2) is 18.3 Å². The fourth-order valence-electron chi connectivity index (χ4n) is 4.72. The van der Waals surface area contributed by atoms with Crippen molar-refractivity contribution in [3.63, 3.8) is 0 Å². The number of halogens is 2. The fraction of sp³-hybridized carbons (Fsp3) is 0.667. The van der Waals surface area contributed by atoms with E-state index in [-0.39, 0.29) is 42.7 Å². The van der Waals surface area contributed by atoms with Gasteiger partial charge in [0, 0.05) is 19.1 Å². The first kappa shape index (κ1) is 20.3. The number of nitrogens with two attached hydrogens (primary N) is 1. The van der Waals surface area contributed by atoms with Crippen LogP contribution in [0, 0.1) is 17.8 Å². The third-order valence-corrected chi connectivity index (χ3v) is 5.98. The number of nitrogens with zero attached hydrogens (tertiary/aromatic N) is 2. The van der Waals surface area contributed by atoms with E-state index in [4.69, 9.17) is 5.73 Å². The van der Waals surface area contributed by atoms with Crippen LogP contribution in [0.3, 0.4) is 0 Å². The summed E-state index contributed by atoms with van der Waals surface area (Å²) in [6.07, 6.45) is 9.05. The summed E-state index contributed by atoms with van der Waals surface area (Å²) in [5.41, 5.74) is 7.04. The Hall–Kier alpha value is -1.04. The molecule has 140 valence electrons. The Morgan fingerprint density at radius 2 is 1.84 bits per heavy atom. The van der Waals surface area contributed by atoms with E-state index in [1.165, 1.54) is 25.7 Å². The second-order valence-electron chi connectivity index (χ2n) is 7.38. The molecular weight excluding hydrogens is 359 g/mol. The molecule has 2 bridgehead atoms. The molecule has 0 spiro atoms. The lowest BCUT2D eigenvalue weighted by Crippen LogP contribution is -2.42. The number of anilines is 2. The summed E-state index contributed by atoms with van der Waals surface area (Å²) in [6, 6.07) is 4.02. The van der Waals surface area contributed by atoms with E-state index in [2.05, 4.69) is 15.2 Å². The van der Waals surface area contributed by atoms with E-state index in [1.807, 2.05) is 12.1 Å². The fourth-order valence-corrected chi connectivity index (χ4v) is 4.72. The molecule has 2 saturated carbocycles. The van der Waals surface area contributed by atoms with Crippen LogP contribution in [0.5, 0.6) is 0 Å². The van der Waals surface area contributed by atoms with Gasteiger partial charge in [-0.15, -0.1) is 24.8 Å². The third-order valence-electron chi connectivity index (χ3n) is 5.98. The first-order chi connectivity index (χ1) is 11.2. The number of nitrogens with one attached hydrogen (secondary N) is 1. The number of aromatic nitrogens is 1. The first-order valence-electron chi connectivity index (χ1n) is 9.00. The van der Waals surface area contributed by atoms with Gasteiger partial charge in [-0.1, -0.05) is 0 Å². The minimum absolute atomic E-state index is 0. The van der Waals surface area contributed by atoms with Crippen LogP contribution in [0.1, 0.15) is 38.5 Å². The summed E-state index contributed by atoms with van der Waals surface area (Å²) in [5.74, 6) is 2.11. The normalized spacial score (nSPS) is 30.4. The first-order valence-corrected chi connectivity index (χ1v) is 9.00. The standard InChI is InChI=1S/C18H26N4O.2ClH/c19-17-13-5-4-12(10-13)16(17)18(23)21-14-6-7-15(20-11-14)22-8-2-1-3-9-22;;/h6-7,11-13,16-17H,1-5,8-10,19H2,(H,21,23);2*1H. The molecule has 2 heterocycles. The van der Waals surface area contributed by atoms with Crippen molar-refractivity contribution in [3.05, 3.63) is 18.3 Å². The zero-order valence-electron chi connectivity index (χ0n) is 14.4. The molecule has 1 aromatic heterocycles. The Kier molecular flexibility index (Phi) is 6.94. The minimum Gasteiger partial charge on any atom is -0.357 e. The minimum atomic E-state index is -0.0180. The highest BCUT2D eigenvalue weighted by Gasteiger charge is 2.49. The molecule has 0 aromatic carbocycles. The summed E-state index contributed by atoms with van der Waals surface area (Å²) >= 11 is 0. The molecule has 7 heteroatoms. The van der Waals surface area contributed by atoms with Crippen LogP contribution in [-0.2, 0) is 4.79 Å². The number of pyridine rings is 1. The Morgan fingerprint density at radius 3 is 2.44 bits per heavy atom. The quantitative estimate of drug-likeness (QED) is 0.836. The number of carbonyl (C=O) groups excluding carboxylic acids is 1. The predicted octanol–water partition coefficient (Wildman–Crippen LogP) is 3.23. The number of amides is 1. The van der Waals surface area contributed by atoms with Gasteiger partial charge in [0.1, 0.15) is 5.82 Å². The van der Waals surface area contributed by atoms with Crippen molar-refractivity contribution in [1.82, 2.24) is 4.98 Å². The average Bonchev–Trinajstić information content (AvgIpc) is 3.17. The molecule has 3 fully saturated rings. The lowest BCUT2D eigenvalue weighted by molar-refractivity contribution is -0.121. The maximum atomic E-state index is 12.6. The number of carbonyl (C=O) groups is 1. The zero-order chi connectivity index (χ0) is 15.8. The third kappa shape index (κ3) is 4.04.